The van der Waals surface area contributed by atoms with E-state index in [4.69, 9.17) is 10.5 Å². The van der Waals surface area contributed by atoms with Crippen LogP contribution in [-0.2, 0) is 11.3 Å². The normalized spacial score (nSPS) is 10.5. The minimum absolute atomic E-state index is 0. The predicted molar refractivity (Wildman–Crippen MR) is 122 cm³/mol. The fourth-order valence-corrected chi connectivity index (χ4v) is 3.81. The van der Waals surface area contributed by atoms with Crippen molar-refractivity contribution in [2.75, 3.05) is 11.9 Å². The third kappa shape index (κ3) is 4.58. The maximum Gasteiger partial charge on any atom is 0.360 e. The molecule has 160 valence electrons. The summed E-state index contributed by atoms with van der Waals surface area (Å²) in [5.74, 6) is -0.944. The molecule has 0 aliphatic rings. The number of carbonyl (C=O) groups excluding carboxylic acids is 2. The number of halogens is 1. The van der Waals surface area contributed by atoms with Crippen molar-refractivity contribution in [3.8, 4) is 5.69 Å². The molecule has 0 spiro atoms. The molecule has 4 aromatic rings. The number of rotatable bonds is 6. The summed E-state index contributed by atoms with van der Waals surface area (Å²) >= 11 is 1.16. The van der Waals surface area contributed by atoms with Crippen LogP contribution in [0.4, 0.5) is 5.00 Å². The molecule has 10 heteroatoms. The van der Waals surface area contributed by atoms with Gasteiger partial charge in [0.2, 0.25) is 0 Å². The van der Waals surface area contributed by atoms with Crippen molar-refractivity contribution in [2.24, 2.45) is 5.73 Å². The zero-order valence-corrected chi connectivity index (χ0v) is 18.2. The van der Waals surface area contributed by atoms with Crippen LogP contribution < -0.4 is 11.1 Å². The first kappa shape index (κ1) is 22.4. The summed E-state index contributed by atoms with van der Waals surface area (Å²) in [4.78, 5) is 33.4. The van der Waals surface area contributed by atoms with Gasteiger partial charge >= 0.3 is 5.97 Å². The molecule has 0 fully saturated rings. The minimum atomic E-state index is -0.592. The molecule has 0 bridgehead atoms. The van der Waals surface area contributed by atoms with Gasteiger partial charge in [-0.15, -0.1) is 12.4 Å². The van der Waals surface area contributed by atoms with Gasteiger partial charge in [-0.1, -0.05) is 23.5 Å². The number of amides is 1. The van der Waals surface area contributed by atoms with Gasteiger partial charge in [0.1, 0.15) is 16.3 Å². The molecule has 4 rings (SSSR count). The van der Waals surface area contributed by atoms with Crippen molar-refractivity contribution in [2.45, 2.75) is 13.5 Å². The Morgan fingerprint density at radius 1 is 1.16 bits per heavy atom. The summed E-state index contributed by atoms with van der Waals surface area (Å²) in [7, 11) is 0. The summed E-state index contributed by atoms with van der Waals surface area (Å²) < 4.78 is 6.96. The van der Waals surface area contributed by atoms with Crippen LogP contribution >= 0.6 is 23.7 Å². The van der Waals surface area contributed by atoms with E-state index in [2.05, 4.69) is 15.3 Å². The number of fused-ring (bicyclic) bond motifs is 1. The minimum Gasteiger partial charge on any atom is -0.461 e. The van der Waals surface area contributed by atoms with Crippen LogP contribution in [0.2, 0.25) is 0 Å². The van der Waals surface area contributed by atoms with Gasteiger partial charge in [-0.05, 0) is 43.3 Å². The molecule has 3 N–H and O–H groups in total. The molecule has 0 unspecified atom stereocenters. The lowest BCUT2D eigenvalue weighted by molar-refractivity contribution is 0.0521. The molecule has 0 aliphatic heterocycles. The van der Waals surface area contributed by atoms with Gasteiger partial charge in [-0.25, -0.2) is 14.8 Å². The lowest BCUT2D eigenvalue weighted by atomic mass is 10.2. The number of nitrogens with two attached hydrogens (primary N) is 1. The number of imidazole rings is 1. The molecule has 0 aliphatic carbocycles. The molecular formula is C21H20ClN5O3S. The number of hydrogen-bond donors (Lipinski definition) is 2. The number of para-hydroxylation sites is 2. The smallest absolute Gasteiger partial charge is 0.360 e. The molecule has 0 radical (unpaired) electrons. The number of nitrogens with one attached hydrogen (secondary N) is 1. The Morgan fingerprint density at radius 2 is 1.90 bits per heavy atom. The van der Waals surface area contributed by atoms with E-state index in [0.717, 1.165) is 28.1 Å². The Hall–Kier alpha value is -3.27. The SMILES string of the molecule is CCOC(=O)c1nc(CN)sc1NC(=O)c1ccc(-n2cnc3ccccc32)cc1.Cl. The molecular weight excluding hydrogens is 438 g/mol. The predicted octanol–water partition coefficient (Wildman–Crippen LogP) is 3.79. The summed E-state index contributed by atoms with van der Waals surface area (Å²) in [6.45, 7) is 2.09. The van der Waals surface area contributed by atoms with Gasteiger partial charge in [0, 0.05) is 17.8 Å². The Labute approximate surface area is 188 Å². The van der Waals surface area contributed by atoms with E-state index in [9.17, 15) is 9.59 Å². The van der Waals surface area contributed by atoms with Crippen LogP contribution in [0.15, 0.2) is 54.9 Å². The lowest BCUT2D eigenvalue weighted by Crippen LogP contribution is -2.15. The van der Waals surface area contributed by atoms with Crippen molar-refractivity contribution in [1.82, 2.24) is 14.5 Å². The first-order chi connectivity index (χ1) is 14.6. The van der Waals surface area contributed by atoms with Gasteiger partial charge in [-0.2, -0.15) is 0 Å². The Morgan fingerprint density at radius 3 is 2.61 bits per heavy atom. The number of benzene rings is 2. The van der Waals surface area contributed by atoms with Crippen molar-refractivity contribution >= 4 is 51.7 Å². The Bertz CT molecular complexity index is 1220. The number of thiazole rings is 1. The van der Waals surface area contributed by atoms with Crippen LogP contribution in [0.5, 0.6) is 0 Å². The number of anilines is 1. The Kier molecular flexibility index (Phi) is 7.01. The van der Waals surface area contributed by atoms with Gasteiger partial charge < -0.3 is 15.8 Å². The van der Waals surface area contributed by atoms with E-state index in [1.165, 1.54) is 0 Å². The molecule has 8 nitrogen and oxygen atoms in total. The van der Waals surface area contributed by atoms with Crippen LogP contribution in [0.3, 0.4) is 0 Å². The first-order valence-electron chi connectivity index (χ1n) is 9.31. The first-order valence-corrected chi connectivity index (χ1v) is 10.1. The second-order valence-corrected chi connectivity index (χ2v) is 7.40. The number of aromatic nitrogens is 3. The van der Waals surface area contributed by atoms with Crippen molar-refractivity contribution in [3.05, 3.63) is 71.1 Å². The van der Waals surface area contributed by atoms with Gasteiger partial charge in [0.15, 0.2) is 5.69 Å². The molecule has 0 saturated heterocycles. The standard InChI is InChI=1S/C21H19N5O3S.ClH/c1-2-29-21(28)18-20(30-17(11-22)24-18)25-19(27)13-7-9-14(10-8-13)26-12-23-15-5-3-4-6-16(15)26;/h3-10,12H,2,11,22H2,1H3,(H,25,27);1H. The highest BCUT2D eigenvalue weighted by Crippen LogP contribution is 2.26. The number of carbonyl (C=O) groups is 2. The van der Waals surface area contributed by atoms with E-state index >= 15 is 0 Å². The number of ether oxygens (including phenoxy) is 1. The maximum atomic E-state index is 12.7. The van der Waals surface area contributed by atoms with Crippen LogP contribution in [0.25, 0.3) is 16.7 Å². The third-order valence-electron chi connectivity index (χ3n) is 4.40. The van der Waals surface area contributed by atoms with Gasteiger partial charge in [0.05, 0.1) is 17.6 Å². The van der Waals surface area contributed by atoms with E-state index < -0.39 is 5.97 Å². The quantitative estimate of drug-likeness (QED) is 0.426. The lowest BCUT2D eigenvalue weighted by Gasteiger charge is -2.07. The fraction of sp³-hybridized carbons (Fsp3) is 0.143. The molecule has 0 saturated carbocycles. The van der Waals surface area contributed by atoms with E-state index in [-0.39, 0.29) is 37.2 Å². The summed E-state index contributed by atoms with van der Waals surface area (Å²) in [6, 6.07) is 14.9. The molecule has 2 aromatic carbocycles. The van der Waals surface area contributed by atoms with Crippen LogP contribution in [0, 0.1) is 0 Å². The van der Waals surface area contributed by atoms with Crippen molar-refractivity contribution < 1.29 is 14.3 Å². The maximum absolute atomic E-state index is 12.7. The van der Waals surface area contributed by atoms with E-state index in [1.54, 1.807) is 25.4 Å². The van der Waals surface area contributed by atoms with Gasteiger partial charge in [-0.3, -0.25) is 9.36 Å². The monoisotopic (exact) mass is 457 g/mol. The average Bonchev–Trinajstić information content (AvgIpc) is 3.38. The van der Waals surface area contributed by atoms with Crippen LogP contribution in [0.1, 0.15) is 32.8 Å². The number of hydrogen-bond acceptors (Lipinski definition) is 7. The number of nitrogens with zero attached hydrogens (tertiary/aromatic N) is 3. The van der Waals surface area contributed by atoms with Crippen molar-refractivity contribution in [3.63, 3.8) is 0 Å². The second-order valence-electron chi connectivity index (χ2n) is 6.31. The summed E-state index contributed by atoms with van der Waals surface area (Å²) in [5.41, 5.74) is 8.90. The Balaban J connectivity index is 0.00000272. The topological polar surface area (TPSA) is 112 Å². The largest absolute Gasteiger partial charge is 0.461 e. The summed E-state index contributed by atoms with van der Waals surface area (Å²) in [5, 5.41) is 3.61. The second kappa shape index (κ2) is 9.69. The zero-order chi connectivity index (χ0) is 21.1. The molecule has 2 heterocycles. The molecule has 1 amide bonds. The van der Waals surface area contributed by atoms with E-state index in [0.29, 0.717) is 15.6 Å². The fourth-order valence-electron chi connectivity index (χ4n) is 2.99. The highest BCUT2D eigenvalue weighted by molar-refractivity contribution is 7.16. The van der Waals surface area contributed by atoms with E-state index in [1.807, 2.05) is 41.0 Å². The highest BCUT2D eigenvalue weighted by Gasteiger charge is 2.21. The van der Waals surface area contributed by atoms with Gasteiger partial charge in [0.25, 0.3) is 5.91 Å². The molecule has 0 atom stereocenters. The van der Waals surface area contributed by atoms with Crippen molar-refractivity contribution in [1.29, 1.82) is 0 Å². The molecule has 2 aromatic heterocycles. The highest BCUT2D eigenvalue weighted by atomic mass is 35.5. The number of esters is 1. The third-order valence-corrected chi connectivity index (χ3v) is 5.40. The summed E-state index contributed by atoms with van der Waals surface area (Å²) in [6.07, 6.45) is 1.75. The zero-order valence-electron chi connectivity index (χ0n) is 16.6. The van der Waals surface area contributed by atoms with Crippen LogP contribution in [-0.4, -0.2) is 33.0 Å². The molecule has 31 heavy (non-hydrogen) atoms. The average molecular weight is 458 g/mol.